The summed E-state index contributed by atoms with van der Waals surface area (Å²) < 4.78 is 0. The molecule has 0 unspecified atom stereocenters. The van der Waals surface area contributed by atoms with E-state index in [9.17, 15) is 4.79 Å². The first-order valence-electron chi connectivity index (χ1n) is 10.9. The first kappa shape index (κ1) is 18.6. The number of fused-ring (bicyclic) bond motifs is 2. The number of imidazole rings is 1. The molecule has 0 bridgehead atoms. The SMILES string of the molecule is C/C(=C\c1ccccc1)CN1CCC2(CC1)c1nc[nH]c1CCN2C(=O)C1CC1. The molecule has 5 heteroatoms. The number of nitrogens with one attached hydrogen (secondary N) is 1. The van der Waals surface area contributed by atoms with Crippen molar-refractivity contribution in [3.8, 4) is 0 Å². The zero-order valence-corrected chi connectivity index (χ0v) is 17.2. The van der Waals surface area contributed by atoms with Crippen LogP contribution in [-0.4, -0.2) is 51.9 Å². The van der Waals surface area contributed by atoms with Gasteiger partial charge in [0.15, 0.2) is 0 Å². The number of hydrogen-bond acceptors (Lipinski definition) is 3. The zero-order chi connectivity index (χ0) is 19.8. The Bertz CT molecular complexity index is 904. The van der Waals surface area contributed by atoms with Crippen molar-refractivity contribution >= 4 is 12.0 Å². The molecule has 29 heavy (non-hydrogen) atoms. The van der Waals surface area contributed by atoms with Crippen molar-refractivity contribution in [3.05, 3.63) is 59.2 Å². The lowest BCUT2D eigenvalue weighted by Gasteiger charge is -2.50. The van der Waals surface area contributed by atoms with Gasteiger partial charge in [-0.2, -0.15) is 0 Å². The van der Waals surface area contributed by atoms with E-state index in [-0.39, 0.29) is 11.5 Å². The van der Waals surface area contributed by atoms with Crippen molar-refractivity contribution in [3.63, 3.8) is 0 Å². The van der Waals surface area contributed by atoms with E-state index < -0.39 is 0 Å². The van der Waals surface area contributed by atoms with Crippen molar-refractivity contribution in [2.24, 2.45) is 5.92 Å². The molecule has 5 nitrogen and oxygen atoms in total. The highest BCUT2D eigenvalue weighted by Crippen LogP contribution is 2.45. The third-order valence-electron chi connectivity index (χ3n) is 6.82. The summed E-state index contributed by atoms with van der Waals surface area (Å²) >= 11 is 0. The molecule has 3 heterocycles. The van der Waals surface area contributed by atoms with E-state index in [0.29, 0.717) is 5.91 Å². The number of aromatic nitrogens is 2. The van der Waals surface area contributed by atoms with Crippen LogP contribution in [0.15, 0.2) is 42.2 Å². The summed E-state index contributed by atoms with van der Waals surface area (Å²) in [6.07, 6.45) is 9.07. The van der Waals surface area contributed by atoms with Gasteiger partial charge in [0.05, 0.1) is 17.6 Å². The Morgan fingerprint density at radius 3 is 2.69 bits per heavy atom. The Kier molecular flexibility index (Phi) is 4.78. The highest BCUT2D eigenvalue weighted by atomic mass is 16.2. The second-order valence-electron chi connectivity index (χ2n) is 8.95. The number of carbonyl (C=O) groups excluding carboxylic acids is 1. The Balaban J connectivity index is 1.32. The number of rotatable bonds is 4. The zero-order valence-electron chi connectivity index (χ0n) is 17.2. The van der Waals surface area contributed by atoms with Crippen molar-refractivity contribution in [2.75, 3.05) is 26.2 Å². The minimum absolute atomic E-state index is 0.208. The number of aromatic amines is 1. The van der Waals surface area contributed by atoms with Crippen LogP contribution in [0.5, 0.6) is 0 Å². The minimum Gasteiger partial charge on any atom is -0.348 e. The van der Waals surface area contributed by atoms with Crippen LogP contribution in [-0.2, 0) is 16.8 Å². The van der Waals surface area contributed by atoms with Gasteiger partial charge in [0.1, 0.15) is 0 Å². The van der Waals surface area contributed by atoms with E-state index in [1.54, 1.807) is 0 Å². The molecule has 5 rings (SSSR count). The van der Waals surface area contributed by atoms with Gasteiger partial charge in [-0.15, -0.1) is 0 Å². The normalized spacial score (nSPS) is 22.0. The lowest BCUT2D eigenvalue weighted by atomic mass is 9.78. The largest absolute Gasteiger partial charge is 0.348 e. The van der Waals surface area contributed by atoms with Crippen LogP contribution in [0.3, 0.4) is 0 Å². The Morgan fingerprint density at radius 1 is 1.21 bits per heavy atom. The predicted octanol–water partition coefficient (Wildman–Crippen LogP) is 3.60. The van der Waals surface area contributed by atoms with Crippen molar-refractivity contribution in [2.45, 2.75) is 44.6 Å². The summed E-state index contributed by atoms with van der Waals surface area (Å²) in [5.41, 5.74) is 4.79. The number of H-pyrrole nitrogens is 1. The lowest BCUT2D eigenvalue weighted by Crippen LogP contribution is -2.58. The molecule has 0 atom stereocenters. The van der Waals surface area contributed by atoms with Gasteiger partial charge in [0.2, 0.25) is 5.91 Å². The number of piperidine rings is 1. The third kappa shape index (κ3) is 3.52. The maximum Gasteiger partial charge on any atom is 0.226 e. The molecule has 1 saturated carbocycles. The van der Waals surface area contributed by atoms with Crippen molar-refractivity contribution in [1.29, 1.82) is 0 Å². The number of carbonyl (C=O) groups is 1. The Labute approximate surface area is 172 Å². The van der Waals surface area contributed by atoms with E-state index in [4.69, 9.17) is 4.98 Å². The molecular weight excluding hydrogens is 360 g/mol. The van der Waals surface area contributed by atoms with Gasteiger partial charge in [-0.1, -0.05) is 42.0 Å². The maximum absolute atomic E-state index is 13.1. The fourth-order valence-electron chi connectivity index (χ4n) is 5.17. The Hall–Kier alpha value is -2.40. The van der Waals surface area contributed by atoms with Gasteiger partial charge in [-0.3, -0.25) is 9.69 Å². The van der Waals surface area contributed by atoms with Crippen LogP contribution < -0.4 is 0 Å². The van der Waals surface area contributed by atoms with Crippen LogP contribution in [0, 0.1) is 5.92 Å². The fourth-order valence-corrected chi connectivity index (χ4v) is 5.17. The van der Waals surface area contributed by atoms with Crippen molar-refractivity contribution in [1.82, 2.24) is 19.8 Å². The van der Waals surface area contributed by atoms with Crippen LogP contribution in [0.4, 0.5) is 0 Å². The summed E-state index contributed by atoms with van der Waals surface area (Å²) in [7, 11) is 0. The second kappa shape index (κ2) is 7.45. The molecule has 1 saturated heterocycles. The Morgan fingerprint density at radius 2 is 1.97 bits per heavy atom. The smallest absolute Gasteiger partial charge is 0.226 e. The molecule has 1 N–H and O–H groups in total. The molecule has 152 valence electrons. The summed E-state index contributed by atoms with van der Waals surface area (Å²) in [4.78, 5) is 25.9. The molecule has 2 fully saturated rings. The quantitative estimate of drug-likeness (QED) is 0.868. The van der Waals surface area contributed by atoms with Gasteiger partial charge >= 0.3 is 0 Å². The number of likely N-dealkylation sites (tertiary alicyclic amines) is 1. The van der Waals surface area contributed by atoms with Crippen LogP contribution >= 0.6 is 0 Å². The fraction of sp³-hybridized carbons (Fsp3) is 0.500. The van der Waals surface area contributed by atoms with E-state index in [2.05, 4.69) is 58.1 Å². The standard InChI is InChI=1S/C24H30N4O/c1-18(15-19-5-3-2-4-6-19)16-27-13-10-24(11-14-27)22-21(25-17-26-22)9-12-28(24)23(29)20-7-8-20/h2-6,15,17,20H,7-14,16H2,1H3,(H,25,26)/b18-15+. The second-order valence-corrected chi connectivity index (χ2v) is 8.95. The molecule has 1 amide bonds. The van der Waals surface area contributed by atoms with Gasteiger partial charge in [-0.25, -0.2) is 4.98 Å². The maximum atomic E-state index is 13.1. The molecule has 1 aliphatic carbocycles. The molecule has 2 aromatic rings. The van der Waals surface area contributed by atoms with Gasteiger partial charge in [0, 0.05) is 44.2 Å². The molecule has 1 spiro atoms. The lowest BCUT2D eigenvalue weighted by molar-refractivity contribution is -0.143. The van der Waals surface area contributed by atoms with Crippen LogP contribution in [0.25, 0.3) is 6.08 Å². The minimum atomic E-state index is -0.208. The first-order chi connectivity index (χ1) is 14.2. The van der Waals surface area contributed by atoms with E-state index in [0.717, 1.165) is 64.0 Å². The van der Waals surface area contributed by atoms with Gasteiger partial charge < -0.3 is 9.88 Å². The van der Waals surface area contributed by atoms with Crippen molar-refractivity contribution < 1.29 is 4.79 Å². The molecule has 1 aromatic heterocycles. The number of nitrogens with zero attached hydrogens (tertiary/aromatic N) is 3. The van der Waals surface area contributed by atoms with E-state index in [1.165, 1.54) is 16.8 Å². The average Bonchev–Trinajstić information content (AvgIpc) is 3.47. The topological polar surface area (TPSA) is 52.2 Å². The molecule has 0 radical (unpaired) electrons. The van der Waals surface area contributed by atoms with E-state index in [1.807, 2.05) is 6.33 Å². The monoisotopic (exact) mass is 390 g/mol. The van der Waals surface area contributed by atoms with Crippen LogP contribution in [0.1, 0.15) is 49.6 Å². The number of hydrogen-bond donors (Lipinski definition) is 1. The average molecular weight is 391 g/mol. The van der Waals surface area contributed by atoms with E-state index >= 15 is 0 Å². The molecule has 3 aliphatic rings. The van der Waals surface area contributed by atoms with Gasteiger partial charge in [-0.05, 0) is 38.2 Å². The first-order valence-corrected chi connectivity index (χ1v) is 10.9. The molecular formula is C24H30N4O. The highest BCUT2D eigenvalue weighted by molar-refractivity contribution is 5.82. The molecule has 1 aromatic carbocycles. The van der Waals surface area contributed by atoms with Crippen LogP contribution in [0.2, 0.25) is 0 Å². The summed E-state index contributed by atoms with van der Waals surface area (Å²) in [6, 6.07) is 10.5. The summed E-state index contributed by atoms with van der Waals surface area (Å²) in [6.45, 7) is 6.03. The number of amides is 1. The third-order valence-corrected chi connectivity index (χ3v) is 6.82. The number of benzene rings is 1. The predicted molar refractivity (Wildman–Crippen MR) is 114 cm³/mol. The summed E-state index contributed by atoms with van der Waals surface area (Å²) in [5, 5.41) is 0. The highest BCUT2D eigenvalue weighted by Gasteiger charge is 2.50. The molecule has 2 aliphatic heterocycles. The van der Waals surface area contributed by atoms with Gasteiger partial charge in [0.25, 0.3) is 0 Å². The summed E-state index contributed by atoms with van der Waals surface area (Å²) in [5.74, 6) is 0.633.